The van der Waals surface area contributed by atoms with Crippen LogP contribution in [0.15, 0.2) is 32.9 Å². The van der Waals surface area contributed by atoms with E-state index in [0.717, 1.165) is 12.1 Å². The molecule has 2 aromatic rings. The summed E-state index contributed by atoms with van der Waals surface area (Å²) in [6, 6.07) is 7.94. The second kappa shape index (κ2) is 9.79. The van der Waals surface area contributed by atoms with Gasteiger partial charge < -0.3 is 11.1 Å². The fraction of sp³-hybridized carbons (Fsp3) is 0.375. The summed E-state index contributed by atoms with van der Waals surface area (Å²) >= 11 is 3.91. The van der Waals surface area contributed by atoms with Crippen LogP contribution in [0, 0.1) is 0 Å². The Bertz CT molecular complexity index is 718. The zero-order chi connectivity index (χ0) is 18.2. The summed E-state index contributed by atoms with van der Waals surface area (Å²) in [6.07, 6.45) is 1.09. The number of nitrogens with zero attached hydrogens (tertiary/aromatic N) is 2. The quantitative estimate of drug-likeness (QED) is 0.631. The number of benzene rings is 1. The number of amides is 2. The third-order valence-electron chi connectivity index (χ3n) is 3.43. The van der Waals surface area contributed by atoms with Crippen molar-refractivity contribution in [2.24, 2.45) is 5.73 Å². The van der Waals surface area contributed by atoms with Crippen LogP contribution < -0.4 is 11.1 Å². The molecule has 134 valence electrons. The van der Waals surface area contributed by atoms with Crippen molar-refractivity contribution in [1.29, 1.82) is 0 Å². The van der Waals surface area contributed by atoms with Gasteiger partial charge in [0.15, 0.2) is 8.68 Å². The highest BCUT2D eigenvalue weighted by molar-refractivity contribution is 8.03. The molecular formula is C16H20N4O2S3. The minimum Gasteiger partial charge on any atom is -0.369 e. The predicted octanol–water partition coefficient (Wildman–Crippen LogP) is 3.36. The van der Waals surface area contributed by atoms with Gasteiger partial charge in [0.1, 0.15) is 0 Å². The molecule has 0 aliphatic heterocycles. The molecule has 0 saturated heterocycles. The Kier molecular flexibility index (Phi) is 7.73. The van der Waals surface area contributed by atoms with Gasteiger partial charge in [-0.05, 0) is 30.0 Å². The van der Waals surface area contributed by atoms with E-state index >= 15 is 0 Å². The first-order valence-electron chi connectivity index (χ1n) is 7.75. The maximum absolute atomic E-state index is 12.0. The van der Waals surface area contributed by atoms with Gasteiger partial charge in [-0.15, -0.1) is 10.2 Å². The third kappa shape index (κ3) is 6.68. The van der Waals surface area contributed by atoms with Crippen molar-refractivity contribution in [2.75, 3.05) is 16.8 Å². The zero-order valence-electron chi connectivity index (χ0n) is 14.0. The summed E-state index contributed by atoms with van der Waals surface area (Å²) in [5.74, 6) is 0.449. The van der Waals surface area contributed by atoms with Crippen molar-refractivity contribution < 1.29 is 9.59 Å². The molecule has 0 spiro atoms. The first kappa shape index (κ1) is 19.7. The first-order valence-corrected chi connectivity index (χ1v) is 10.5. The van der Waals surface area contributed by atoms with Crippen molar-refractivity contribution in [3.05, 3.63) is 29.8 Å². The molecule has 2 rings (SSSR count). The number of nitrogens with one attached hydrogen (secondary N) is 1. The molecule has 0 fully saturated rings. The van der Waals surface area contributed by atoms with Crippen LogP contribution in [0.4, 0.5) is 5.69 Å². The fourth-order valence-electron chi connectivity index (χ4n) is 1.90. The van der Waals surface area contributed by atoms with Gasteiger partial charge in [0, 0.05) is 5.69 Å². The number of thioether (sulfide) groups is 2. The second-order valence-electron chi connectivity index (χ2n) is 5.36. The molecule has 0 aliphatic rings. The number of hydrogen-bond donors (Lipinski definition) is 2. The van der Waals surface area contributed by atoms with Crippen LogP contribution in [0.25, 0.3) is 0 Å². The first-order chi connectivity index (χ1) is 12.0. The lowest BCUT2D eigenvalue weighted by atomic mass is 9.99. The van der Waals surface area contributed by atoms with E-state index < -0.39 is 5.91 Å². The van der Waals surface area contributed by atoms with E-state index in [2.05, 4.69) is 29.4 Å². The van der Waals surface area contributed by atoms with E-state index in [0.29, 0.717) is 14.6 Å². The second-order valence-corrected chi connectivity index (χ2v) is 8.78. The van der Waals surface area contributed by atoms with Crippen molar-refractivity contribution in [3.63, 3.8) is 0 Å². The maximum Gasteiger partial charge on any atom is 0.234 e. The lowest BCUT2D eigenvalue weighted by Gasteiger charge is -2.10. The molecule has 0 saturated carbocycles. The van der Waals surface area contributed by atoms with Gasteiger partial charge in [-0.1, -0.05) is 60.8 Å². The molecule has 0 bridgehead atoms. The minimum atomic E-state index is -0.395. The molecule has 6 nitrogen and oxygen atoms in total. The van der Waals surface area contributed by atoms with Crippen molar-refractivity contribution in [1.82, 2.24) is 10.2 Å². The van der Waals surface area contributed by atoms with Crippen LogP contribution in [-0.2, 0) is 9.59 Å². The number of nitrogens with two attached hydrogens (primary N) is 1. The number of rotatable bonds is 9. The summed E-state index contributed by atoms with van der Waals surface area (Å²) in [5.41, 5.74) is 7.14. The molecule has 1 atom stereocenters. The molecule has 1 aromatic carbocycles. The van der Waals surface area contributed by atoms with E-state index in [1.807, 2.05) is 24.3 Å². The van der Waals surface area contributed by atoms with Crippen LogP contribution in [0.5, 0.6) is 0 Å². The lowest BCUT2D eigenvalue weighted by Crippen LogP contribution is -2.13. The molecule has 9 heteroatoms. The normalized spacial score (nSPS) is 11.9. The SMILES string of the molecule is CC[C@@H](C)c1ccc(NC(=O)CSc2nnc(SCC(N)=O)s2)cc1. The number of hydrogen-bond acceptors (Lipinski definition) is 7. The molecule has 2 amide bonds. The van der Waals surface area contributed by atoms with Crippen molar-refractivity contribution in [2.45, 2.75) is 34.9 Å². The van der Waals surface area contributed by atoms with Gasteiger partial charge >= 0.3 is 0 Å². The molecule has 1 aromatic heterocycles. The Morgan fingerprint density at radius 2 is 1.76 bits per heavy atom. The number of aromatic nitrogens is 2. The monoisotopic (exact) mass is 396 g/mol. The molecular weight excluding hydrogens is 376 g/mol. The average Bonchev–Trinajstić information content (AvgIpc) is 3.06. The summed E-state index contributed by atoms with van der Waals surface area (Å²) in [7, 11) is 0. The van der Waals surface area contributed by atoms with Gasteiger partial charge in [0.25, 0.3) is 0 Å². The topological polar surface area (TPSA) is 98.0 Å². The van der Waals surface area contributed by atoms with Crippen LogP contribution in [-0.4, -0.2) is 33.5 Å². The molecule has 0 unspecified atom stereocenters. The van der Waals surface area contributed by atoms with E-state index in [-0.39, 0.29) is 17.4 Å². The highest BCUT2D eigenvalue weighted by Gasteiger charge is 2.10. The summed E-state index contributed by atoms with van der Waals surface area (Å²) in [5, 5.41) is 10.8. The maximum atomic E-state index is 12.0. The average molecular weight is 397 g/mol. The standard InChI is InChI=1S/C16H20N4O2S3/c1-3-10(2)11-4-6-12(7-5-11)18-14(22)9-24-16-20-19-15(25-16)23-8-13(17)21/h4-7,10H,3,8-9H2,1-2H3,(H2,17,21)(H,18,22)/t10-/m1/s1. The Labute approximate surface area is 159 Å². The summed E-state index contributed by atoms with van der Waals surface area (Å²) < 4.78 is 1.36. The Hall–Kier alpha value is -1.58. The van der Waals surface area contributed by atoms with Gasteiger partial charge in [0.2, 0.25) is 11.8 Å². The Morgan fingerprint density at radius 1 is 1.16 bits per heavy atom. The predicted molar refractivity (Wildman–Crippen MR) is 104 cm³/mol. The van der Waals surface area contributed by atoms with Crippen molar-refractivity contribution in [3.8, 4) is 0 Å². The Morgan fingerprint density at radius 3 is 2.32 bits per heavy atom. The van der Waals surface area contributed by atoms with Crippen molar-refractivity contribution >= 4 is 52.4 Å². The molecule has 0 radical (unpaired) electrons. The van der Waals surface area contributed by atoms with Crippen LogP contribution in [0.3, 0.4) is 0 Å². The van der Waals surface area contributed by atoms with Crippen LogP contribution >= 0.6 is 34.9 Å². The van der Waals surface area contributed by atoms with Crippen LogP contribution in [0.1, 0.15) is 31.7 Å². The third-order valence-corrected chi connectivity index (χ3v) is 6.64. The molecule has 25 heavy (non-hydrogen) atoms. The molecule has 3 N–H and O–H groups in total. The highest BCUT2D eigenvalue weighted by atomic mass is 32.2. The fourth-order valence-corrected chi connectivity index (χ4v) is 4.46. The lowest BCUT2D eigenvalue weighted by molar-refractivity contribution is -0.115. The number of carbonyl (C=O) groups is 2. The number of anilines is 1. The van der Waals surface area contributed by atoms with E-state index in [9.17, 15) is 9.59 Å². The minimum absolute atomic E-state index is 0.0946. The van der Waals surface area contributed by atoms with Crippen LogP contribution in [0.2, 0.25) is 0 Å². The molecule has 1 heterocycles. The number of carbonyl (C=O) groups excluding carboxylic acids is 2. The number of primary amides is 1. The smallest absolute Gasteiger partial charge is 0.234 e. The summed E-state index contributed by atoms with van der Waals surface area (Å²) in [6.45, 7) is 4.34. The Balaban J connectivity index is 1.79. The van der Waals surface area contributed by atoms with E-state index in [1.54, 1.807) is 0 Å². The van der Waals surface area contributed by atoms with Gasteiger partial charge in [-0.2, -0.15) is 0 Å². The largest absolute Gasteiger partial charge is 0.369 e. The zero-order valence-corrected chi connectivity index (χ0v) is 16.5. The van der Waals surface area contributed by atoms with Gasteiger partial charge in [-0.25, -0.2) is 0 Å². The van der Waals surface area contributed by atoms with Gasteiger partial charge in [0.05, 0.1) is 11.5 Å². The summed E-state index contributed by atoms with van der Waals surface area (Å²) in [4.78, 5) is 22.8. The highest BCUT2D eigenvalue weighted by Crippen LogP contribution is 2.28. The van der Waals surface area contributed by atoms with E-state index in [1.165, 1.54) is 40.4 Å². The molecule has 0 aliphatic carbocycles. The van der Waals surface area contributed by atoms with Gasteiger partial charge in [-0.3, -0.25) is 9.59 Å². The van der Waals surface area contributed by atoms with E-state index in [4.69, 9.17) is 5.73 Å².